The Balaban J connectivity index is 1.76. The number of halogens is 1. The predicted octanol–water partition coefficient (Wildman–Crippen LogP) is 5.73. The molecule has 6 rings (SSSR count). The van der Waals surface area contributed by atoms with E-state index < -0.39 is 8.07 Å². The molecule has 0 spiro atoms. The zero-order chi connectivity index (χ0) is 22.3. The molecular formula is C30H21BrOSi. The first-order valence-electron chi connectivity index (χ1n) is 11.1. The molecule has 1 heterocycles. The van der Waals surface area contributed by atoms with Crippen molar-refractivity contribution in [1.29, 1.82) is 0 Å². The van der Waals surface area contributed by atoms with Gasteiger partial charge in [0.05, 0.1) is 0 Å². The first kappa shape index (κ1) is 20.2. The zero-order valence-corrected chi connectivity index (χ0v) is 20.5. The highest BCUT2D eigenvalue weighted by Crippen LogP contribution is 2.28. The summed E-state index contributed by atoms with van der Waals surface area (Å²) in [4.78, 5) is 0. The third-order valence-electron chi connectivity index (χ3n) is 6.48. The number of fused-ring (bicyclic) bond motifs is 3. The highest BCUT2D eigenvalue weighted by atomic mass is 79.9. The first-order chi connectivity index (χ1) is 16.3. The molecule has 0 aliphatic heterocycles. The molecule has 1 nitrogen and oxygen atoms in total. The normalized spacial score (nSPS) is 11.8. The molecule has 0 saturated carbocycles. The first-order valence-corrected chi connectivity index (χ1v) is 13.8. The lowest BCUT2D eigenvalue weighted by molar-refractivity contribution is 0.669. The third kappa shape index (κ3) is 3.27. The van der Waals surface area contributed by atoms with Gasteiger partial charge in [-0.1, -0.05) is 119 Å². The van der Waals surface area contributed by atoms with Gasteiger partial charge in [0.2, 0.25) is 0 Å². The fourth-order valence-electron chi connectivity index (χ4n) is 5.06. The van der Waals surface area contributed by atoms with E-state index in [-0.39, 0.29) is 0 Å². The Kier molecular flexibility index (Phi) is 5.01. The molecule has 0 aliphatic rings. The van der Waals surface area contributed by atoms with Crippen molar-refractivity contribution in [3.63, 3.8) is 0 Å². The van der Waals surface area contributed by atoms with Gasteiger partial charge in [0, 0.05) is 15.2 Å². The van der Waals surface area contributed by atoms with Gasteiger partial charge in [-0.2, -0.15) is 0 Å². The Hall–Kier alpha value is -3.40. The topological polar surface area (TPSA) is 13.1 Å². The molecule has 0 unspecified atom stereocenters. The lowest BCUT2D eigenvalue weighted by Gasteiger charge is -2.34. The van der Waals surface area contributed by atoms with Gasteiger partial charge < -0.3 is 4.42 Å². The van der Waals surface area contributed by atoms with Crippen LogP contribution < -0.4 is 20.7 Å². The van der Waals surface area contributed by atoms with E-state index in [0.29, 0.717) is 0 Å². The van der Waals surface area contributed by atoms with Crippen LogP contribution in [0.2, 0.25) is 0 Å². The maximum atomic E-state index is 6.16. The van der Waals surface area contributed by atoms with Crippen LogP contribution >= 0.6 is 15.9 Å². The lowest BCUT2D eigenvalue weighted by Crippen LogP contribution is -2.74. The quantitative estimate of drug-likeness (QED) is 0.221. The predicted molar refractivity (Wildman–Crippen MR) is 145 cm³/mol. The Bertz CT molecular complexity index is 1530. The molecule has 0 atom stereocenters. The molecule has 0 saturated heterocycles. The molecule has 0 bridgehead atoms. The monoisotopic (exact) mass is 504 g/mol. The second kappa shape index (κ2) is 8.18. The molecule has 6 aromatic rings. The molecule has 0 N–H and O–H groups in total. The summed E-state index contributed by atoms with van der Waals surface area (Å²) in [7, 11) is -2.58. The van der Waals surface area contributed by atoms with E-state index in [1.165, 1.54) is 26.1 Å². The fraction of sp³-hybridized carbons (Fsp3) is 0. The summed E-state index contributed by atoms with van der Waals surface area (Å²) >= 11 is 3.75. The van der Waals surface area contributed by atoms with E-state index in [4.69, 9.17) is 4.42 Å². The molecule has 5 aromatic carbocycles. The van der Waals surface area contributed by atoms with Gasteiger partial charge in [-0.25, -0.2) is 0 Å². The fourth-order valence-corrected chi connectivity index (χ4v) is 10.5. The minimum Gasteiger partial charge on any atom is -0.456 e. The van der Waals surface area contributed by atoms with Crippen molar-refractivity contribution in [2.75, 3.05) is 0 Å². The van der Waals surface area contributed by atoms with Crippen LogP contribution in [0.15, 0.2) is 136 Å². The summed E-state index contributed by atoms with van der Waals surface area (Å²) in [6, 6.07) is 45.9. The molecule has 0 radical (unpaired) electrons. The summed E-state index contributed by atoms with van der Waals surface area (Å²) in [6.07, 6.45) is 0. The molecule has 158 valence electrons. The number of benzene rings is 5. The number of hydrogen-bond acceptors (Lipinski definition) is 1. The molecule has 0 fully saturated rings. The molecule has 0 aliphatic carbocycles. The summed E-state index contributed by atoms with van der Waals surface area (Å²) in [5, 5.41) is 7.75. The van der Waals surface area contributed by atoms with Crippen LogP contribution in [0, 0.1) is 0 Å². The van der Waals surface area contributed by atoms with Gasteiger partial charge in [-0.15, -0.1) is 0 Å². The van der Waals surface area contributed by atoms with Crippen LogP contribution in [-0.4, -0.2) is 8.07 Å². The number of rotatable bonds is 4. The maximum Gasteiger partial charge on any atom is 0.179 e. The largest absolute Gasteiger partial charge is 0.456 e. The van der Waals surface area contributed by atoms with Crippen LogP contribution in [0.1, 0.15) is 0 Å². The minimum atomic E-state index is -2.58. The summed E-state index contributed by atoms with van der Waals surface area (Å²) in [5.74, 6) is 0. The number of para-hydroxylation sites is 1. The summed E-state index contributed by atoms with van der Waals surface area (Å²) in [5.41, 5.74) is 1.86. The number of hydrogen-bond donors (Lipinski definition) is 0. The smallest absolute Gasteiger partial charge is 0.179 e. The molecule has 0 amide bonds. The SMILES string of the molecule is Brc1cccc([Si](c2ccccc2)(c2ccccc2)c2ccc3oc4ccccc4c3c2)c1. The average molecular weight is 505 g/mol. The molecule has 3 heteroatoms. The van der Waals surface area contributed by atoms with Crippen molar-refractivity contribution in [2.24, 2.45) is 0 Å². The van der Waals surface area contributed by atoms with Crippen LogP contribution in [-0.2, 0) is 0 Å². The minimum absolute atomic E-state index is 0.929. The summed E-state index contributed by atoms with van der Waals surface area (Å²) < 4.78 is 7.26. The van der Waals surface area contributed by atoms with Gasteiger partial charge in [0.15, 0.2) is 8.07 Å². The second-order valence-corrected chi connectivity index (χ2v) is 13.0. The average Bonchev–Trinajstić information content (AvgIpc) is 3.24. The highest BCUT2D eigenvalue weighted by Gasteiger charge is 2.41. The van der Waals surface area contributed by atoms with E-state index in [1.807, 2.05) is 12.1 Å². The van der Waals surface area contributed by atoms with Crippen molar-refractivity contribution in [2.45, 2.75) is 0 Å². The molecular weight excluding hydrogens is 484 g/mol. The van der Waals surface area contributed by atoms with E-state index in [2.05, 4.69) is 131 Å². The Morgan fingerprint density at radius 3 is 1.73 bits per heavy atom. The van der Waals surface area contributed by atoms with Crippen molar-refractivity contribution < 1.29 is 4.42 Å². The van der Waals surface area contributed by atoms with Crippen molar-refractivity contribution >= 4 is 66.7 Å². The van der Waals surface area contributed by atoms with Gasteiger partial charge in [0.25, 0.3) is 0 Å². The van der Waals surface area contributed by atoms with Crippen LogP contribution in [0.25, 0.3) is 21.9 Å². The maximum absolute atomic E-state index is 6.16. The van der Waals surface area contributed by atoms with Crippen LogP contribution in [0.5, 0.6) is 0 Å². The van der Waals surface area contributed by atoms with E-state index in [1.54, 1.807) is 0 Å². The van der Waals surface area contributed by atoms with Gasteiger partial charge in [-0.05, 0) is 45.0 Å². The van der Waals surface area contributed by atoms with E-state index in [9.17, 15) is 0 Å². The third-order valence-corrected chi connectivity index (χ3v) is 11.7. The van der Waals surface area contributed by atoms with Gasteiger partial charge in [0.1, 0.15) is 11.2 Å². The lowest BCUT2D eigenvalue weighted by atomic mass is 10.1. The second-order valence-electron chi connectivity index (χ2n) is 8.30. The van der Waals surface area contributed by atoms with E-state index in [0.717, 1.165) is 21.0 Å². The molecule has 1 aromatic heterocycles. The Morgan fingerprint density at radius 2 is 1.03 bits per heavy atom. The van der Waals surface area contributed by atoms with Gasteiger partial charge in [-0.3, -0.25) is 0 Å². The van der Waals surface area contributed by atoms with E-state index >= 15 is 0 Å². The summed E-state index contributed by atoms with van der Waals surface area (Å²) in [6.45, 7) is 0. The van der Waals surface area contributed by atoms with Gasteiger partial charge >= 0.3 is 0 Å². The number of furan rings is 1. The Labute approximate surface area is 202 Å². The van der Waals surface area contributed by atoms with Crippen molar-refractivity contribution in [3.8, 4) is 0 Å². The van der Waals surface area contributed by atoms with Crippen molar-refractivity contribution in [1.82, 2.24) is 0 Å². The van der Waals surface area contributed by atoms with Crippen LogP contribution in [0.4, 0.5) is 0 Å². The standard InChI is InChI=1S/C30H21BrOSi/c31-22-10-9-15-25(20-22)33(23-11-3-1-4-12-23,24-13-5-2-6-14-24)26-18-19-30-28(21-26)27-16-7-8-17-29(27)32-30/h1-21H. The molecule has 33 heavy (non-hydrogen) atoms. The highest BCUT2D eigenvalue weighted by molar-refractivity contribution is 9.10. The van der Waals surface area contributed by atoms with Crippen LogP contribution in [0.3, 0.4) is 0 Å². The zero-order valence-electron chi connectivity index (χ0n) is 17.9. The van der Waals surface area contributed by atoms with Crippen molar-refractivity contribution in [3.05, 3.63) is 132 Å². The Morgan fingerprint density at radius 1 is 0.455 bits per heavy atom.